The minimum atomic E-state index is -0.566. The van der Waals surface area contributed by atoms with E-state index in [0.29, 0.717) is 45.7 Å². The Morgan fingerprint density at radius 1 is 1.08 bits per heavy atom. The molecule has 3 aromatic carbocycles. The lowest BCUT2D eigenvalue weighted by Crippen LogP contribution is -2.12. The van der Waals surface area contributed by atoms with Crippen LogP contribution in [0, 0.1) is 17.0 Å². The average Bonchev–Trinajstić information content (AvgIpc) is 3.27. The highest BCUT2D eigenvalue weighted by molar-refractivity contribution is 9.10. The second kappa shape index (κ2) is 12.8. The lowest BCUT2D eigenvalue weighted by atomic mass is 10.1. The fourth-order valence-corrected chi connectivity index (χ4v) is 5.57. The van der Waals surface area contributed by atoms with Crippen LogP contribution in [0.5, 0.6) is 17.2 Å². The maximum atomic E-state index is 11.7. The van der Waals surface area contributed by atoms with Crippen LogP contribution in [-0.4, -0.2) is 39.9 Å². The number of nitrogens with zero attached hydrogens (tertiary/aromatic N) is 4. The maximum Gasteiger partial charge on any atom is 0.220 e. The predicted molar refractivity (Wildman–Crippen MR) is 149 cm³/mol. The normalized spacial score (nSPS) is 11.7. The number of ether oxygens (including phenoxy) is 3. The number of hydrogen-bond donors (Lipinski definition) is 0. The van der Waals surface area contributed by atoms with Gasteiger partial charge in [0.1, 0.15) is 23.4 Å². The molecule has 1 atom stereocenters. The highest BCUT2D eigenvalue weighted by Crippen LogP contribution is 2.43. The van der Waals surface area contributed by atoms with E-state index >= 15 is 0 Å². The number of aromatic nitrogens is 3. The van der Waals surface area contributed by atoms with Crippen molar-refractivity contribution >= 4 is 27.7 Å². The molecule has 0 aliphatic carbocycles. The van der Waals surface area contributed by atoms with Crippen LogP contribution < -0.4 is 14.2 Å². The van der Waals surface area contributed by atoms with Gasteiger partial charge < -0.3 is 14.2 Å². The van der Waals surface area contributed by atoms with E-state index in [-0.39, 0.29) is 11.5 Å². The monoisotopic (exact) mass is 598 g/mol. The zero-order chi connectivity index (χ0) is 27.1. The lowest BCUT2D eigenvalue weighted by molar-refractivity contribution is -0.479. The SMILES string of the molecule is CCOc1ccc(-n2c(C)nnc2S[C@H](C[N+](=O)[O-])c2cc(Br)c(OCc3ccccc3)c(OC)c2)cc1. The minimum Gasteiger partial charge on any atom is -0.494 e. The van der Waals surface area contributed by atoms with E-state index < -0.39 is 5.25 Å². The number of rotatable bonds is 12. The van der Waals surface area contributed by atoms with Gasteiger partial charge in [-0.25, -0.2) is 0 Å². The predicted octanol–water partition coefficient (Wildman–Crippen LogP) is 6.43. The lowest BCUT2D eigenvalue weighted by Gasteiger charge is -2.18. The Bertz CT molecular complexity index is 1380. The Balaban J connectivity index is 1.63. The van der Waals surface area contributed by atoms with Crippen LogP contribution in [0.2, 0.25) is 0 Å². The summed E-state index contributed by atoms with van der Waals surface area (Å²) in [5.74, 6) is 2.43. The van der Waals surface area contributed by atoms with E-state index in [0.717, 1.165) is 17.0 Å². The molecule has 11 heteroatoms. The van der Waals surface area contributed by atoms with Crippen LogP contribution in [0.1, 0.15) is 29.1 Å². The smallest absolute Gasteiger partial charge is 0.220 e. The third-order valence-corrected chi connectivity index (χ3v) is 7.38. The molecule has 0 bridgehead atoms. The second-order valence-electron chi connectivity index (χ2n) is 8.22. The van der Waals surface area contributed by atoms with Crippen LogP contribution in [0.4, 0.5) is 0 Å². The zero-order valence-corrected chi connectivity index (χ0v) is 23.6. The van der Waals surface area contributed by atoms with E-state index in [4.69, 9.17) is 14.2 Å². The van der Waals surface area contributed by atoms with Gasteiger partial charge in [0.2, 0.25) is 6.54 Å². The van der Waals surface area contributed by atoms with Crippen molar-refractivity contribution in [1.82, 2.24) is 14.8 Å². The molecule has 1 aromatic heterocycles. The highest BCUT2D eigenvalue weighted by Gasteiger charge is 2.26. The van der Waals surface area contributed by atoms with Gasteiger partial charge in [0.25, 0.3) is 0 Å². The van der Waals surface area contributed by atoms with Crippen molar-refractivity contribution in [1.29, 1.82) is 0 Å². The second-order valence-corrected chi connectivity index (χ2v) is 10.2. The van der Waals surface area contributed by atoms with Gasteiger partial charge in [0, 0.05) is 10.6 Å². The number of aryl methyl sites for hydroxylation is 1. The quantitative estimate of drug-likeness (QED) is 0.104. The molecule has 0 saturated heterocycles. The van der Waals surface area contributed by atoms with Gasteiger partial charge in [-0.2, -0.15) is 0 Å². The van der Waals surface area contributed by atoms with E-state index in [2.05, 4.69) is 26.1 Å². The Morgan fingerprint density at radius 3 is 2.47 bits per heavy atom. The van der Waals surface area contributed by atoms with Crippen LogP contribution in [0.25, 0.3) is 5.69 Å². The molecule has 0 aliphatic rings. The molecular weight excluding hydrogens is 572 g/mol. The molecule has 4 rings (SSSR count). The Kier molecular flexibility index (Phi) is 9.24. The molecule has 4 aromatic rings. The summed E-state index contributed by atoms with van der Waals surface area (Å²) in [5.41, 5.74) is 2.54. The highest BCUT2D eigenvalue weighted by atomic mass is 79.9. The van der Waals surface area contributed by atoms with Gasteiger partial charge in [-0.1, -0.05) is 42.1 Å². The van der Waals surface area contributed by atoms with Crippen LogP contribution in [0.3, 0.4) is 0 Å². The van der Waals surface area contributed by atoms with E-state index in [1.165, 1.54) is 11.8 Å². The Hall–Kier alpha value is -3.57. The number of benzene rings is 3. The number of hydrogen-bond acceptors (Lipinski definition) is 8. The fourth-order valence-electron chi connectivity index (χ4n) is 3.84. The molecule has 0 unspecified atom stereocenters. The molecule has 1 heterocycles. The number of halogens is 1. The molecule has 0 amide bonds. The van der Waals surface area contributed by atoms with E-state index in [1.54, 1.807) is 13.2 Å². The van der Waals surface area contributed by atoms with Crippen molar-refractivity contribution in [2.75, 3.05) is 20.3 Å². The molecular formula is C27H27BrN4O5S. The first-order valence-corrected chi connectivity index (χ1v) is 13.5. The zero-order valence-electron chi connectivity index (χ0n) is 21.2. The fraction of sp³-hybridized carbons (Fsp3) is 0.259. The minimum absolute atomic E-state index is 0.320. The molecule has 0 aliphatic heterocycles. The van der Waals surface area contributed by atoms with Crippen molar-refractivity contribution < 1.29 is 19.1 Å². The molecule has 0 radical (unpaired) electrons. The number of methoxy groups -OCH3 is 1. The van der Waals surface area contributed by atoms with Crippen molar-refractivity contribution in [3.8, 4) is 22.9 Å². The van der Waals surface area contributed by atoms with Gasteiger partial charge in [-0.3, -0.25) is 14.7 Å². The summed E-state index contributed by atoms with van der Waals surface area (Å²) < 4.78 is 19.7. The van der Waals surface area contributed by atoms with Crippen molar-refractivity contribution in [2.45, 2.75) is 30.9 Å². The van der Waals surface area contributed by atoms with Crippen molar-refractivity contribution in [3.05, 3.63) is 98.3 Å². The largest absolute Gasteiger partial charge is 0.494 e. The summed E-state index contributed by atoms with van der Waals surface area (Å²) in [6.07, 6.45) is 0. The van der Waals surface area contributed by atoms with Gasteiger partial charge in [-0.15, -0.1) is 10.2 Å². The summed E-state index contributed by atoms with van der Waals surface area (Å²) in [5, 5.41) is 20.2. The van der Waals surface area contributed by atoms with Crippen molar-refractivity contribution in [2.24, 2.45) is 0 Å². The molecule has 38 heavy (non-hydrogen) atoms. The Labute approximate surface area is 233 Å². The van der Waals surface area contributed by atoms with Crippen LogP contribution >= 0.6 is 27.7 Å². The summed E-state index contributed by atoms with van der Waals surface area (Å²) in [7, 11) is 1.54. The third kappa shape index (κ3) is 6.65. The summed E-state index contributed by atoms with van der Waals surface area (Å²) in [4.78, 5) is 11.3. The van der Waals surface area contributed by atoms with Crippen molar-refractivity contribution in [3.63, 3.8) is 0 Å². The molecule has 0 spiro atoms. The van der Waals surface area contributed by atoms with Gasteiger partial charge in [0.15, 0.2) is 16.7 Å². The summed E-state index contributed by atoms with van der Waals surface area (Å²) in [6, 6.07) is 20.9. The van der Waals surface area contributed by atoms with Gasteiger partial charge >= 0.3 is 0 Å². The van der Waals surface area contributed by atoms with Crippen LogP contribution in [0.15, 0.2) is 76.4 Å². The number of thioether (sulfide) groups is 1. The summed E-state index contributed by atoms with van der Waals surface area (Å²) in [6.45, 7) is 4.38. The van der Waals surface area contributed by atoms with Crippen LogP contribution in [-0.2, 0) is 6.61 Å². The van der Waals surface area contributed by atoms with E-state index in [1.807, 2.05) is 79.1 Å². The summed E-state index contributed by atoms with van der Waals surface area (Å²) >= 11 is 4.85. The Morgan fingerprint density at radius 2 is 1.82 bits per heavy atom. The van der Waals surface area contributed by atoms with E-state index in [9.17, 15) is 10.1 Å². The molecule has 0 saturated carbocycles. The average molecular weight is 600 g/mol. The number of nitro groups is 1. The topological polar surface area (TPSA) is 102 Å². The molecule has 0 fully saturated rings. The van der Waals surface area contributed by atoms with Gasteiger partial charge in [-0.05, 0) is 77.3 Å². The maximum absolute atomic E-state index is 11.7. The first-order valence-electron chi connectivity index (χ1n) is 11.9. The first kappa shape index (κ1) is 27.5. The molecule has 198 valence electrons. The molecule has 9 nitrogen and oxygen atoms in total. The first-order chi connectivity index (χ1) is 18.4. The molecule has 0 N–H and O–H groups in total. The standard InChI is InChI=1S/C27H27BrN4O5S/c1-4-36-22-12-10-21(11-13-22)32-18(2)29-30-27(32)38-25(16-31(33)34)20-14-23(28)26(24(15-20)35-3)37-17-19-8-6-5-7-9-19/h5-15,25H,4,16-17H2,1-3H3/t25-/m1/s1. The third-order valence-electron chi connectivity index (χ3n) is 5.61. The van der Waals surface area contributed by atoms with Gasteiger partial charge in [0.05, 0.1) is 18.2 Å².